The summed E-state index contributed by atoms with van der Waals surface area (Å²) in [5.41, 5.74) is 1.07. The molecular weight excluding hydrogens is 267 g/mol. The second-order valence-corrected chi connectivity index (χ2v) is 5.58. The lowest BCUT2D eigenvalue weighted by molar-refractivity contribution is 0.597. The average Bonchev–Trinajstić information content (AvgIpc) is 2.37. The largest absolute Gasteiger partial charge is 0.381 e. The molecule has 0 aliphatic carbocycles. The van der Waals surface area contributed by atoms with Crippen molar-refractivity contribution in [2.45, 2.75) is 11.4 Å². The molecule has 100 valence electrons. The number of sulfonamides is 1. The first-order valence-corrected chi connectivity index (χ1v) is 7.11. The lowest BCUT2D eigenvalue weighted by Crippen LogP contribution is -2.12. The van der Waals surface area contributed by atoms with E-state index in [1.807, 2.05) is 0 Å². The minimum absolute atomic E-state index is 0.0195. The third kappa shape index (κ3) is 3.52. The summed E-state index contributed by atoms with van der Waals surface area (Å²) in [6.45, 7) is 0.265. The second-order valence-electron chi connectivity index (χ2n) is 4.02. The van der Waals surface area contributed by atoms with E-state index in [9.17, 15) is 12.8 Å². The molecule has 4 nitrogen and oxygen atoms in total. The highest BCUT2D eigenvalue weighted by Gasteiger charge is 2.08. The molecule has 0 atom stereocenters. The van der Waals surface area contributed by atoms with E-state index in [0.29, 0.717) is 11.3 Å². The predicted octanol–water partition coefficient (Wildman–Crippen LogP) is 2.09. The normalized spacial score (nSPS) is 11.3. The van der Waals surface area contributed by atoms with Gasteiger partial charge in [-0.1, -0.05) is 24.3 Å². The fourth-order valence-electron chi connectivity index (χ4n) is 1.62. The molecule has 0 aliphatic heterocycles. The number of hydrogen-bond donors (Lipinski definition) is 2. The van der Waals surface area contributed by atoms with Gasteiger partial charge in [0.2, 0.25) is 10.0 Å². The molecule has 6 heteroatoms. The standard InChI is InChI=1S/C13H13FN2O2S/c14-13-7-2-1-4-10(13)9-16-11-5-3-6-12(8-11)19(15,17)18/h1-8,16H,9H2,(H2,15,17,18). The highest BCUT2D eigenvalue weighted by Crippen LogP contribution is 2.16. The number of hydrogen-bond acceptors (Lipinski definition) is 3. The lowest BCUT2D eigenvalue weighted by Gasteiger charge is -2.08. The Kier molecular flexibility index (Phi) is 3.82. The first-order valence-electron chi connectivity index (χ1n) is 5.57. The number of primary sulfonamides is 1. The van der Waals surface area contributed by atoms with Crippen molar-refractivity contribution in [2.75, 3.05) is 5.32 Å². The molecule has 0 bridgehead atoms. The molecule has 0 radical (unpaired) electrons. The van der Waals surface area contributed by atoms with E-state index in [2.05, 4.69) is 5.32 Å². The average molecular weight is 280 g/mol. The predicted molar refractivity (Wildman–Crippen MR) is 71.5 cm³/mol. The third-order valence-corrected chi connectivity index (χ3v) is 3.51. The van der Waals surface area contributed by atoms with Crippen LogP contribution in [0.25, 0.3) is 0 Å². The maximum atomic E-state index is 13.4. The minimum atomic E-state index is -3.73. The molecule has 0 aromatic heterocycles. The van der Waals surface area contributed by atoms with Gasteiger partial charge in [0.1, 0.15) is 5.82 Å². The van der Waals surface area contributed by atoms with E-state index in [4.69, 9.17) is 5.14 Å². The Morgan fingerprint density at radius 1 is 1.11 bits per heavy atom. The van der Waals surface area contributed by atoms with E-state index in [-0.39, 0.29) is 17.3 Å². The van der Waals surface area contributed by atoms with Crippen molar-refractivity contribution in [1.29, 1.82) is 0 Å². The topological polar surface area (TPSA) is 72.2 Å². The smallest absolute Gasteiger partial charge is 0.238 e. The molecular formula is C13H13FN2O2S. The van der Waals surface area contributed by atoms with Gasteiger partial charge >= 0.3 is 0 Å². The summed E-state index contributed by atoms with van der Waals surface area (Å²) < 4.78 is 35.8. The first kappa shape index (κ1) is 13.5. The lowest BCUT2D eigenvalue weighted by atomic mass is 10.2. The molecule has 0 aliphatic rings. The molecule has 0 saturated carbocycles. The van der Waals surface area contributed by atoms with Gasteiger partial charge in [-0.25, -0.2) is 17.9 Å². The van der Waals surface area contributed by atoms with Crippen LogP contribution in [0.2, 0.25) is 0 Å². The van der Waals surface area contributed by atoms with E-state index >= 15 is 0 Å². The van der Waals surface area contributed by atoms with Crippen LogP contribution >= 0.6 is 0 Å². The van der Waals surface area contributed by atoms with Crippen molar-refractivity contribution in [3.05, 3.63) is 59.9 Å². The molecule has 0 fully saturated rings. The minimum Gasteiger partial charge on any atom is -0.381 e. The van der Waals surface area contributed by atoms with Gasteiger partial charge in [0, 0.05) is 17.8 Å². The number of nitrogens with two attached hydrogens (primary N) is 1. The van der Waals surface area contributed by atoms with Gasteiger partial charge in [0.05, 0.1) is 4.90 Å². The van der Waals surface area contributed by atoms with Crippen molar-refractivity contribution in [1.82, 2.24) is 0 Å². The Balaban J connectivity index is 2.15. The van der Waals surface area contributed by atoms with Gasteiger partial charge in [-0.2, -0.15) is 0 Å². The second kappa shape index (κ2) is 5.38. The van der Waals surface area contributed by atoms with E-state index in [1.54, 1.807) is 30.3 Å². The zero-order valence-electron chi connectivity index (χ0n) is 10.0. The zero-order valence-corrected chi connectivity index (χ0v) is 10.8. The SMILES string of the molecule is NS(=O)(=O)c1cccc(NCc2ccccc2F)c1. The quantitative estimate of drug-likeness (QED) is 0.900. The summed E-state index contributed by atoms with van der Waals surface area (Å²) >= 11 is 0. The van der Waals surface area contributed by atoms with Gasteiger partial charge in [-0.15, -0.1) is 0 Å². The number of halogens is 1. The summed E-state index contributed by atoms with van der Waals surface area (Å²) in [4.78, 5) is 0.0195. The van der Waals surface area contributed by atoms with E-state index < -0.39 is 10.0 Å². The molecule has 3 N–H and O–H groups in total. The Morgan fingerprint density at radius 2 is 1.84 bits per heavy atom. The summed E-state index contributed by atoms with van der Waals surface area (Å²) in [6, 6.07) is 12.5. The van der Waals surface area contributed by atoms with Gasteiger partial charge in [0.15, 0.2) is 0 Å². The molecule has 0 amide bonds. The maximum absolute atomic E-state index is 13.4. The number of benzene rings is 2. The summed E-state index contributed by atoms with van der Waals surface area (Å²) in [5.74, 6) is -0.308. The molecule has 0 unspecified atom stereocenters. The van der Waals surface area contributed by atoms with Crippen molar-refractivity contribution >= 4 is 15.7 Å². The van der Waals surface area contributed by atoms with Gasteiger partial charge < -0.3 is 5.32 Å². The first-order chi connectivity index (χ1) is 8.97. The maximum Gasteiger partial charge on any atom is 0.238 e. The van der Waals surface area contributed by atoms with Gasteiger partial charge in [-0.05, 0) is 24.3 Å². The zero-order chi connectivity index (χ0) is 13.9. The molecule has 19 heavy (non-hydrogen) atoms. The third-order valence-electron chi connectivity index (χ3n) is 2.60. The van der Waals surface area contributed by atoms with Crippen LogP contribution in [-0.2, 0) is 16.6 Å². The van der Waals surface area contributed by atoms with E-state index in [0.717, 1.165) is 0 Å². The fourth-order valence-corrected chi connectivity index (χ4v) is 2.18. The number of rotatable bonds is 4. The Labute approximate surface area is 111 Å². The van der Waals surface area contributed by atoms with E-state index in [1.165, 1.54) is 18.2 Å². The Morgan fingerprint density at radius 3 is 2.53 bits per heavy atom. The molecule has 2 aromatic carbocycles. The van der Waals surface area contributed by atoms with Gasteiger partial charge in [0.25, 0.3) is 0 Å². The highest BCUT2D eigenvalue weighted by atomic mass is 32.2. The molecule has 0 heterocycles. The van der Waals surface area contributed by atoms with Crippen LogP contribution in [0.1, 0.15) is 5.56 Å². The van der Waals surface area contributed by atoms with Crippen LogP contribution < -0.4 is 10.5 Å². The van der Waals surface area contributed by atoms with Crippen LogP contribution in [0.4, 0.5) is 10.1 Å². The molecule has 0 spiro atoms. The number of anilines is 1. The van der Waals surface area contributed by atoms with Gasteiger partial charge in [-0.3, -0.25) is 0 Å². The molecule has 2 rings (SSSR count). The van der Waals surface area contributed by atoms with Crippen LogP contribution in [0.5, 0.6) is 0 Å². The highest BCUT2D eigenvalue weighted by molar-refractivity contribution is 7.89. The Bertz CT molecular complexity index is 687. The Hall–Kier alpha value is -1.92. The van der Waals surface area contributed by atoms with Crippen LogP contribution in [-0.4, -0.2) is 8.42 Å². The van der Waals surface area contributed by atoms with Crippen molar-refractivity contribution < 1.29 is 12.8 Å². The summed E-state index contributed by atoms with van der Waals surface area (Å²) in [6.07, 6.45) is 0. The van der Waals surface area contributed by atoms with Crippen LogP contribution in [0.3, 0.4) is 0 Å². The summed E-state index contributed by atoms with van der Waals surface area (Å²) in [7, 11) is -3.73. The molecule has 0 saturated heterocycles. The molecule has 2 aromatic rings. The van der Waals surface area contributed by atoms with Crippen LogP contribution in [0.15, 0.2) is 53.4 Å². The van der Waals surface area contributed by atoms with Crippen LogP contribution in [0, 0.1) is 5.82 Å². The van der Waals surface area contributed by atoms with Crippen molar-refractivity contribution in [3.63, 3.8) is 0 Å². The van der Waals surface area contributed by atoms with Crippen molar-refractivity contribution in [3.8, 4) is 0 Å². The monoisotopic (exact) mass is 280 g/mol. The number of nitrogens with one attached hydrogen (secondary N) is 1. The van der Waals surface area contributed by atoms with Crippen molar-refractivity contribution in [2.24, 2.45) is 5.14 Å². The summed E-state index contributed by atoms with van der Waals surface area (Å²) in [5, 5.41) is 8.00. The fraction of sp³-hybridized carbons (Fsp3) is 0.0769.